The van der Waals surface area contributed by atoms with Crippen LogP contribution in [0, 0.1) is 17.2 Å². The van der Waals surface area contributed by atoms with Gasteiger partial charge in [-0.1, -0.05) is 18.9 Å². The van der Waals surface area contributed by atoms with Gasteiger partial charge < -0.3 is 14.8 Å². The fourth-order valence-corrected chi connectivity index (χ4v) is 4.85. The van der Waals surface area contributed by atoms with Gasteiger partial charge in [0.2, 0.25) is 5.95 Å². The second kappa shape index (κ2) is 11.2. The van der Waals surface area contributed by atoms with E-state index in [9.17, 15) is 10.1 Å². The minimum absolute atomic E-state index is 0.0915. The van der Waals surface area contributed by atoms with Crippen LogP contribution in [0.4, 0.5) is 22.1 Å². The predicted octanol–water partition coefficient (Wildman–Crippen LogP) is 5.07. The van der Waals surface area contributed by atoms with E-state index in [1.807, 2.05) is 29.1 Å². The molecule has 1 unspecified atom stereocenters. The van der Waals surface area contributed by atoms with Crippen LogP contribution in [-0.2, 0) is 9.47 Å². The fraction of sp³-hybridized carbons (Fsp3) is 0.423. The monoisotopic (exact) mass is 487 g/mol. The van der Waals surface area contributed by atoms with Crippen LogP contribution in [0.3, 0.4) is 0 Å². The lowest BCUT2D eigenvalue weighted by Gasteiger charge is -2.21. The molecule has 186 valence electrons. The maximum atomic E-state index is 12.2. The molecule has 2 atom stereocenters. The van der Waals surface area contributed by atoms with Crippen molar-refractivity contribution in [3.05, 3.63) is 48.9 Å². The molecular weight excluding hydrogens is 458 g/mol. The van der Waals surface area contributed by atoms with Gasteiger partial charge in [0.25, 0.3) is 0 Å². The van der Waals surface area contributed by atoms with Gasteiger partial charge in [-0.25, -0.2) is 14.8 Å². The zero-order chi connectivity index (χ0) is 24.7. The Balaban J connectivity index is 1.25. The predicted molar refractivity (Wildman–Crippen MR) is 134 cm³/mol. The first kappa shape index (κ1) is 23.8. The van der Waals surface area contributed by atoms with E-state index in [-0.39, 0.29) is 12.1 Å². The molecule has 5 rings (SSSR count). The molecular formula is C26H29N7O3. The third-order valence-corrected chi connectivity index (χ3v) is 6.66. The smallest absolute Gasteiger partial charge is 0.411 e. The molecule has 1 aliphatic carbocycles. The van der Waals surface area contributed by atoms with Crippen molar-refractivity contribution in [2.45, 2.75) is 50.7 Å². The third kappa shape index (κ3) is 5.80. The molecule has 1 amide bonds. The summed E-state index contributed by atoms with van der Waals surface area (Å²) in [6.07, 6.45) is 10.6. The van der Waals surface area contributed by atoms with Gasteiger partial charge in [-0.3, -0.25) is 10.00 Å². The number of hydrogen-bond acceptors (Lipinski definition) is 8. The van der Waals surface area contributed by atoms with Gasteiger partial charge in [0.05, 0.1) is 43.6 Å². The summed E-state index contributed by atoms with van der Waals surface area (Å²) in [7, 11) is 0. The van der Waals surface area contributed by atoms with E-state index in [0.29, 0.717) is 43.6 Å². The number of nitrogens with one attached hydrogen (secondary N) is 2. The van der Waals surface area contributed by atoms with Gasteiger partial charge in [0, 0.05) is 35.8 Å². The van der Waals surface area contributed by atoms with Crippen molar-refractivity contribution in [3.8, 4) is 17.3 Å². The van der Waals surface area contributed by atoms with Gasteiger partial charge in [0.1, 0.15) is 6.10 Å². The van der Waals surface area contributed by atoms with Crippen molar-refractivity contribution in [2.24, 2.45) is 5.92 Å². The van der Waals surface area contributed by atoms with Crippen LogP contribution >= 0.6 is 0 Å². The molecule has 3 heterocycles. The Hall–Kier alpha value is -3.97. The van der Waals surface area contributed by atoms with Gasteiger partial charge >= 0.3 is 6.09 Å². The first-order chi connectivity index (χ1) is 17.7. The largest absolute Gasteiger partial charge is 0.443 e. The Labute approximate surface area is 209 Å². The highest BCUT2D eigenvalue weighted by atomic mass is 16.6. The summed E-state index contributed by atoms with van der Waals surface area (Å²) in [5.74, 6) is 0.914. The summed E-state index contributed by atoms with van der Waals surface area (Å²) < 4.78 is 12.5. The van der Waals surface area contributed by atoms with E-state index in [0.717, 1.165) is 29.8 Å². The van der Waals surface area contributed by atoms with Crippen LogP contribution in [0.5, 0.6) is 0 Å². The average molecular weight is 488 g/mol. The molecule has 0 bridgehead atoms. The first-order valence-corrected chi connectivity index (χ1v) is 12.3. The Morgan fingerprint density at radius 3 is 2.92 bits per heavy atom. The van der Waals surface area contributed by atoms with Crippen LogP contribution in [0.2, 0.25) is 0 Å². The van der Waals surface area contributed by atoms with Crippen molar-refractivity contribution < 1.29 is 14.3 Å². The summed E-state index contributed by atoms with van der Waals surface area (Å²) in [4.78, 5) is 21.1. The highest BCUT2D eigenvalue weighted by molar-refractivity contribution is 5.85. The Kier molecular flexibility index (Phi) is 7.38. The number of amides is 1. The second-order valence-corrected chi connectivity index (χ2v) is 9.17. The van der Waals surface area contributed by atoms with E-state index in [2.05, 4.69) is 31.8 Å². The number of nitriles is 1. The Bertz CT molecular complexity index is 1230. The summed E-state index contributed by atoms with van der Waals surface area (Å²) in [5, 5.41) is 19.8. The average Bonchev–Trinajstić information content (AvgIpc) is 3.66. The fourth-order valence-electron chi connectivity index (χ4n) is 4.85. The van der Waals surface area contributed by atoms with E-state index in [4.69, 9.17) is 9.47 Å². The zero-order valence-corrected chi connectivity index (χ0v) is 20.0. The molecule has 2 aromatic heterocycles. The molecule has 2 fully saturated rings. The van der Waals surface area contributed by atoms with Gasteiger partial charge in [-0.2, -0.15) is 10.4 Å². The molecule has 3 aromatic rings. The molecule has 0 radical (unpaired) electrons. The number of ether oxygens (including phenoxy) is 2. The highest BCUT2D eigenvalue weighted by Crippen LogP contribution is 2.36. The van der Waals surface area contributed by atoms with Gasteiger partial charge in [-0.15, -0.1) is 0 Å². The standard InChI is InChI=1S/C26H29N7O3/c27-11-8-24(18-4-1-2-5-18)33-16-19(15-29-33)23-9-12-28-25(32-23)30-20-6-3-7-21(14-20)31-26(34)36-22-10-13-35-17-22/h3,6-7,9,12,14-16,18,22,24H,1-2,4-5,8,10,13,17H2,(H,31,34)(H,28,30,32)/t22-,24?/m1/s1. The van der Waals surface area contributed by atoms with Gasteiger partial charge in [0.15, 0.2) is 0 Å². The number of nitrogens with zero attached hydrogens (tertiary/aromatic N) is 5. The minimum atomic E-state index is -0.509. The molecule has 10 heteroatoms. The SMILES string of the molecule is N#CCC(C1CCCC1)n1cc(-c2ccnc(Nc3cccc(NC(=O)O[C@@H]4CCOC4)c3)n2)cn1. The van der Waals surface area contributed by atoms with Crippen molar-refractivity contribution in [2.75, 3.05) is 23.8 Å². The molecule has 1 saturated heterocycles. The highest BCUT2D eigenvalue weighted by Gasteiger charge is 2.27. The lowest BCUT2D eigenvalue weighted by molar-refractivity contribution is 0.0932. The van der Waals surface area contributed by atoms with E-state index in [1.54, 1.807) is 24.5 Å². The van der Waals surface area contributed by atoms with Crippen LogP contribution in [0.1, 0.15) is 44.6 Å². The summed E-state index contributed by atoms with van der Waals surface area (Å²) >= 11 is 0. The quantitative estimate of drug-likeness (QED) is 0.451. The lowest BCUT2D eigenvalue weighted by atomic mass is 9.96. The topological polar surface area (TPSA) is 127 Å². The van der Waals surface area contributed by atoms with Gasteiger partial charge in [-0.05, 0) is 43.0 Å². The van der Waals surface area contributed by atoms with Crippen LogP contribution in [0.15, 0.2) is 48.9 Å². The number of hydrogen-bond donors (Lipinski definition) is 2. The maximum absolute atomic E-state index is 12.2. The summed E-state index contributed by atoms with van der Waals surface area (Å²) in [6, 6.07) is 11.5. The molecule has 2 N–H and O–H groups in total. The summed E-state index contributed by atoms with van der Waals surface area (Å²) in [6.45, 7) is 1.04. The number of anilines is 3. The van der Waals surface area contributed by atoms with Crippen LogP contribution in [0.25, 0.3) is 11.3 Å². The minimum Gasteiger partial charge on any atom is -0.443 e. The van der Waals surface area contributed by atoms with E-state index in [1.165, 1.54) is 12.8 Å². The lowest BCUT2D eigenvalue weighted by Crippen LogP contribution is -2.22. The maximum Gasteiger partial charge on any atom is 0.411 e. The van der Waals surface area contributed by atoms with Crippen LogP contribution in [-0.4, -0.2) is 45.2 Å². The normalized spacial score (nSPS) is 18.5. The van der Waals surface area contributed by atoms with Crippen molar-refractivity contribution in [1.82, 2.24) is 19.7 Å². The summed E-state index contributed by atoms with van der Waals surface area (Å²) in [5.41, 5.74) is 2.92. The zero-order valence-electron chi connectivity index (χ0n) is 20.0. The number of rotatable bonds is 8. The second-order valence-electron chi connectivity index (χ2n) is 9.17. The number of carbonyl (C=O) groups is 1. The van der Waals surface area contributed by atoms with Crippen molar-refractivity contribution in [3.63, 3.8) is 0 Å². The number of benzene rings is 1. The Morgan fingerprint density at radius 1 is 1.25 bits per heavy atom. The van der Waals surface area contributed by atoms with Crippen LogP contribution < -0.4 is 10.6 Å². The number of aromatic nitrogens is 4. The van der Waals surface area contributed by atoms with E-state index >= 15 is 0 Å². The molecule has 1 saturated carbocycles. The van der Waals surface area contributed by atoms with E-state index < -0.39 is 6.09 Å². The molecule has 36 heavy (non-hydrogen) atoms. The molecule has 0 spiro atoms. The first-order valence-electron chi connectivity index (χ1n) is 12.3. The van der Waals surface area contributed by atoms with Crippen molar-refractivity contribution >= 4 is 23.4 Å². The third-order valence-electron chi connectivity index (χ3n) is 6.66. The van der Waals surface area contributed by atoms with Crippen molar-refractivity contribution in [1.29, 1.82) is 5.26 Å². The molecule has 2 aliphatic rings. The molecule has 1 aromatic carbocycles. The Morgan fingerprint density at radius 2 is 2.11 bits per heavy atom. The molecule has 1 aliphatic heterocycles. The number of carbonyl (C=O) groups excluding carboxylic acids is 1. The molecule has 10 nitrogen and oxygen atoms in total.